The summed E-state index contributed by atoms with van der Waals surface area (Å²) in [5.74, 6) is 0.304. The van der Waals surface area contributed by atoms with Crippen LogP contribution in [0.25, 0.3) is 0 Å². The Kier molecular flexibility index (Phi) is 7.03. The largest absolute Gasteiger partial charge is 0.495 e. The highest BCUT2D eigenvalue weighted by Gasteiger charge is 2.34. The Hall–Kier alpha value is -2.33. The number of rotatable bonds is 4. The summed E-state index contributed by atoms with van der Waals surface area (Å²) >= 11 is 6.23. The monoisotopic (exact) mass is 388 g/mol. The molecule has 0 saturated carbocycles. The fourth-order valence-electron chi connectivity index (χ4n) is 3.36. The molecule has 0 N–H and O–H groups in total. The lowest BCUT2D eigenvalue weighted by molar-refractivity contribution is 0.343. The van der Waals surface area contributed by atoms with Gasteiger partial charge >= 0.3 is 0 Å². The van der Waals surface area contributed by atoms with Gasteiger partial charge in [-0.05, 0) is 57.3 Å². The molecule has 0 aromatic heterocycles. The zero-order valence-corrected chi connectivity index (χ0v) is 17.1. The molecule has 0 saturated heterocycles. The van der Waals surface area contributed by atoms with E-state index in [4.69, 9.17) is 16.3 Å². The molecular weight excluding hydrogens is 363 g/mol. The Bertz CT molecular complexity index is 826. The molecule has 1 unspecified atom stereocenters. The van der Waals surface area contributed by atoms with E-state index in [0.29, 0.717) is 17.3 Å². The summed E-state index contributed by atoms with van der Waals surface area (Å²) in [5.41, 5.74) is 2.20. The molecule has 1 atom stereocenters. The van der Waals surface area contributed by atoms with Crippen LogP contribution in [0, 0.1) is 0 Å². The number of hydrogen-bond donors (Lipinski definition) is 0. The van der Waals surface area contributed by atoms with E-state index >= 15 is 0 Å². The number of nitrogens with zero attached hydrogens (tertiary/aromatic N) is 2. The van der Waals surface area contributed by atoms with Crippen molar-refractivity contribution in [2.75, 3.05) is 20.2 Å². The van der Waals surface area contributed by atoms with Gasteiger partial charge in [0.05, 0.1) is 23.2 Å². The molecule has 1 aliphatic rings. The number of aliphatic imine (C=N–C) groups is 1. The number of allylic oxidation sites excluding steroid dienone is 6. The second-order valence-electron chi connectivity index (χ2n) is 6.50. The minimum absolute atomic E-state index is 0.288. The van der Waals surface area contributed by atoms with Gasteiger partial charge in [0.15, 0.2) is 0 Å². The second-order valence-corrected chi connectivity index (χ2v) is 6.90. The molecule has 3 nitrogen and oxygen atoms in total. The molecule has 1 aromatic rings. The van der Waals surface area contributed by atoms with Crippen molar-refractivity contribution in [2.24, 2.45) is 4.99 Å². The normalized spacial score (nSPS) is 25.4. The molecule has 1 heterocycles. The molecule has 0 radical (unpaired) electrons. The molecule has 1 aliphatic heterocycles. The van der Waals surface area contributed by atoms with Crippen LogP contribution in [0.4, 0.5) is 4.39 Å². The number of methoxy groups -OCH3 is 1. The Balaban J connectivity index is 2.79. The molecule has 0 aliphatic carbocycles. The first-order chi connectivity index (χ1) is 12.9. The van der Waals surface area contributed by atoms with Crippen LogP contribution in [0.3, 0.4) is 0 Å². The molecule has 0 spiro atoms. The summed E-state index contributed by atoms with van der Waals surface area (Å²) in [6.07, 6.45) is 8.46. The average Bonchev–Trinajstić information content (AvgIpc) is 2.66. The van der Waals surface area contributed by atoms with Crippen LogP contribution in [-0.2, 0) is 5.41 Å². The van der Waals surface area contributed by atoms with Gasteiger partial charge in [-0.1, -0.05) is 35.9 Å². The van der Waals surface area contributed by atoms with Gasteiger partial charge in [-0.15, -0.1) is 0 Å². The second kappa shape index (κ2) is 9.05. The highest BCUT2D eigenvalue weighted by molar-refractivity contribution is 6.32. The van der Waals surface area contributed by atoms with Crippen molar-refractivity contribution in [3.63, 3.8) is 0 Å². The lowest BCUT2D eigenvalue weighted by Gasteiger charge is -2.39. The van der Waals surface area contributed by atoms with Crippen LogP contribution < -0.4 is 4.74 Å². The van der Waals surface area contributed by atoms with Crippen LogP contribution >= 0.6 is 11.6 Å². The summed E-state index contributed by atoms with van der Waals surface area (Å²) in [7, 11) is 1.59. The molecule has 5 heteroatoms. The van der Waals surface area contributed by atoms with E-state index in [0.717, 1.165) is 23.5 Å². The van der Waals surface area contributed by atoms with E-state index in [2.05, 4.69) is 30.5 Å². The van der Waals surface area contributed by atoms with Crippen LogP contribution in [0.15, 0.2) is 70.8 Å². The van der Waals surface area contributed by atoms with E-state index in [1.807, 2.05) is 37.3 Å². The maximum absolute atomic E-state index is 13.9. The van der Waals surface area contributed by atoms with E-state index in [-0.39, 0.29) is 5.83 Å². The molecular formula is C22H26ClFN2O. The number of ether oxygens (including phenoxy) is 1. The third-order valence-electron chi connectivity index (χ3n) is 4.81. The molecule has 0 amide bonds. The van der Waals surface area contributed by atoms with Gasteiger partial charge in [0.1, 0.15) is 11.6 Å². The SMILES string of the molecule is C=N/C(C)=C1\N(CC)C/C=C\C(F)=C/C=CC1(C)c1ccc(Cl)c(OC)c1. The first-order valence-corrected chi connectivity index (χ1v) is 9.23. The third-order valence-corrected chi connectivity index (χ3v) is 5.12. The van der Waals surface area contributed by atoms with Crippen molar-refractivity contribution in [1.29, 1.82) is 0 Å². The predicted octanol–water partition coefficient (Wildman–Crippen LogP) is 5.84. The smallest absolute Gasteiger partial charge is 0.137 e. The Morgan fingerprint density at radius 3 is 2.81 bits per heavy atom. The van der Waals surface area contributed by atoms with Crippen molar-refractivity contribution in [1.82, 2.24) is 4.90 Å². The quantitative estimate of drug-likeness (QED) is 0.605. The van der Waals surface area contributed by atoms with Gasteiger partial charge in [-0.25, -0.2) is 4.39 Å². The maximum Gasteiger partial charge on any atom is 0.137 e. The zero-order chi connectivity index (χ0) is 20.0. The Labute approximate surface area is 166 Å². The van der Waals surface area contributed by atoms with Crippen LogP contribution in [-0.4, -0.2) is 31.8 Å². The highest BCUT2D eigenvalue weighted by Crippen LogP contribution is 2.40. The van der Waals surface area contributed by atoms with Gasteiger partial charge in [-0.2, -0.15) is 0 Å². The first kappa shape index (κ1) is 21.0. The van der Waals surface area contributed by atoms with E-state index in [9.17, 15) is 4.39 Å². The lowest BCUT2D eigenvalue weighted by Crippen LogP contribution is -2.36. The fraction of sp³-hybridized carbons (Fsp3) is 0.318. The van der Waals surface area contributed by atoms with E-state index in [1.54, 1.807) is 13.2 Å². The Morgan fingerprint density at radius 1 is 1.44 bits per heavy atom. The third kappa shape index (κ3) is 4.51. The number of hydrogen-bond acceptors (Lipinski definition) is 3. The van der Waals surface area contributed by atoms with Crippen LogP contribution in [0.5, 0.6) is 5.75 Å². The topological polar surface area (TPSA) is 24.8 Å². The summed E-state index contributed by atoms with van der Waals surface area (Å²) in [6.45, 7) is 11.1. The minimum Gasteiger partial charge on any atom is -0.495 e. The zero-order valence-electron chi connectivity index (χ0n) is 16.3. The van der Waals surface area contributed by atoms with Gasteiger partial charge in [0, 0.05) is 18.8 Å². The molecule has 1 aromatic carbocycles. The van der Waals surface area contributed by atoms with Gasteiger partial charge < -0.3 is 9.64 Å². The highest BCUT2D eigenvalue weighted by atomic mass is 35.5. The van der Waals surface area contributed by atoms with Crippen molar-refractivity contribution in [3.8, 4) is 5.75 Å². The Morgan fingerprint density at radius 2 is 2.19 bits per heavy atom. The molecule has 2 rings (SSSR count). The van der Waals surface area contributed by atoms with Crippen molar-refractivity contribution < 1.29 is 9.13 Å². The summed E-state index contributed by atoms with van der Waals surface area (Å²) in [5, 5.41) is 0.541. The molecule has 0 fully saturated rings. The number of likely N-dealkylation sites (N-methyl/N-ethyl adjacent to an activating group) is 1. The fourth-order valence-corrected chi connectivity index (χ4v) is 3.56. The summed E-state index contributed by atoms with van der Waals surface area (Å²) in [6, 6.07) is 5.69. The number of benzene rings is 1. The molecule has 27 heavy (non-hydrogen) atoms. The minimum atomic E-state index is -0.582. The van der Waals surface area contributed by atoms with Gasteiger partial charge in [0.2, 0.25) is 0 Å². The molecule has 0 bridgehead atoms. The van der Waals surface area contributed by atoms with Crippen molar-refractivity contribution >= 4 is 18.3 Å². The maximum atomic E-state index is 13.9. The average molecular weight is 389 g/mol. The van der Waals surface area contributed by atoms with Gasteiger partial charge in [0.25, 0.3) is 0 Å². The summed E-state index contributed by atoms with van der Waals surface area (Å²) < 4.78 is 19.4. The lowest BCUT2D eigenvalue weighted by atomic mass is 9.77. The predicted molar refractivity (Wildman–Crippen MR) is 112 cm³/mol. The standard InChI is InChI=1S/C22H26ClFN2O/c1-6-26-14-8-10-18(24)9-7-13-22(3,21(26)16(2)25-4)17-11-12-19(23)20(15-17)27-5/h7-13,15H,4,6,14H2,1-3,5H3/b10-8-,13-7?,18-9+,21-16-. The van der Waals surface area contributed by atoms with Gasteiger partial charge in [-0.3, -0.25) is 4.99 Å². The first-order valence-electron chi connectivity index (χ1n) is 8.86. The van der Waals surface area contributed by atoms with Crippen molar-refractivity contribution in [3.05, 3.63) is 76.4 Å². The summed E-state index contributed by atoms with van der Waals surface area (Å²) in [4.78, 5) is 6.39. The van der Waals surface area contributed by atoms with E-state index < -0.39 is 5.41 Å². The van der Waals surface area contributed by atoms with Crippen LogP contribution in [0.2, 0.25) is 5.02 Å². The van der Waals surface area contributed by atoms with E-state index in [1.165, 1.54) is 12.2 Å². The van der Waals surface area contributed by atoms with Crippen molar-refractivity contribution in [2.45, 2.75) is 26.2 Å². The van der Waals surface area contributed by atoms with Crippen LogP contribution in [0.1, 0.15) is 26.3 Å². The molecule has 144 valence electrons. The number of halogens is 2.